The van der Waals surface area contributed by atoms with Gasteiger partial charge in [-0.05, 0) is 16.8 Å². The Hall–Kier alpha value is -2.42. The van der Waals surface area contributed by atoms with Crippen molar-refractivity contribution in [2.24, 2.45) is 0 Å². The van der Waals surface area contributed by atoms with Gasteiger partial charge in [0.2, 0.25) is 0 Å². The van der Waals surface area contributed by atoms with Crippen LogP contribution in [0, 0.1) is 0 Å². The molecule has 1 aromatic heterocycles. The van der Waals surface area contributed by atoms with Gasteiger partial charge < -0.3 is 5.32 Å². The first-order chi connectivity index (χ1) is 9.80. The van der Waals surface area contributed by atoms with Gasteiger partial charge in [0, 0.05) is 25.1 Å². The molecule has 100 valence electrons. The molecule has 0 spiro atoms. The predicted octanol–water partition coefficient (Wildman–Crippen LogP) is 3.90. The van der Waals surface area contributed by atoms with Crippen molar-refractivity contribution in [1.29, 1.82) is 0 Å². The Labute approximate surface area is 118 Å². The fraction of sp³-hybridized carbons (Fsp3) is 0.176. The summed E-state index contributed by atoms with van der Waals surface area (Å²) in [5.41, 5.74) is 2.09. The summed E-state index contributed by atoms with van der Waals surface area (Å²) < 4.78 is 0. The normalized spacial score (nSPS) is 10.7. The van der Waals surface area contributed by atoms with Crippen LogP contribution in [0.4, 0.5) is 5.82 Å². The monoisotopic (exact) mass is 263 g/mol. The molecule has 3 aromatic rings. The van der Waals surface area contributed by atoms with Crippen molar-refractivity contribution in [2.75, 3.05) is 12.4 Å². The van der Waals surface area contributed by atoms with E-state index in [-0.39, 0.29) is 0 Å². The maximum Gasteiger partial charge on any atom is 0.131 e. The van der Waals surface area contributed by atoms with Crippen LogP contribution in [0.2, 0.25) is 0 Å². The Bertz CT molecular complexity index is 728. The van der Waals surface area contributed by atoms with Crippen LogP contribution in [0.1, 0.15) is 12.7 Å². The van der Waals surface area contributed by atoms with Crippen molar-refractivity contribution in [3.63, 3.8) is 0 Å². The van der Waals surface area contributed by atoms with Gasteiger partial charge in [-0.2, -0.15) is 0 Å². The lowest BCUT2D eigenvalue weighted by molar-refractivity contribution is 0.945. The first-order valence-corrected chi connectivity index (χ1v) is 6.85. The number of benzene rings is 2. The van der Waals surface area contributed by atoms with E-state index in [0.717, 1.165) is 29.3 Å². The molecule has 0 saturated heterocycles. The van der Waals surface area contributed by atoms with Gasteiger partial charge in [0.25, 0.3) is 0 Å². The third-order valence-corrected chi connectivity index (χ3v) is 3.39. The van der Waals surface area contributed by atoms with Crippen LogP contribution in [-0.4, -0.2) is 17.0 Å². The Morgan fingerprint density at radius 3 is 2.50 bits per heavy atom. The lowest BCUT2D eigenvalue weighted by atomic mass is 10.0. The van der Waals surface area contributed by atoms with Crippen molar-refractivity contribution in [1.82, 2.24) is 9.97 Å². The smallest absolute Gasteiger partial charge is 0.131 e. The van der Waals surface area contributed by atoms with Gasteiger partial charge in [-0.25, -0.2) is 9.97 Å². The van der Waals surface area contributed by atoms with E-state index in [4.69, 9.17) is 0 Å². The molecular weight excluding hydrogens is 246 g/mol. The Kier molecular flexibility index (Phi) is 3.33. The number of nitrogens with one attached hydrogen (secondary N) is 1. The SMILES string of the molecule is CCc1nc(NC)cc(-c2ccc3ccccc3c2)n1. The number of rotatable bonds is 3. The highest BCUT2D eigenvalue weighted by atomic mass is 15.0. The summed E-state index contributed by atoms with van der Waals surface area (Å²) in [5, 5.41) is 5.57. The number of anilines is 1. The molecule has 0 amide bonds. The van der Waals surface area contributed by atoms with Crippen molar-refractivity contribution in [3.05, 3.63) is 54.4 Å². The molecule has 3 nitrogen and oxygen atoms in total. The van der Waals surface area contributed by atoms with Crippen molar-refractivity contribution in [3.8, 4) is 11.3 Å². The molecule has 0 aliphatic rings. The van der Waals surface area contributed by atoms with Gasteiger partial charge in [-0.1, -0.05) is 43.3 Å². The molecule has 1 N–H and O–H groups in total. The van der Waals surface area contributed by atoms with Gasteiger partial charge in [0.1, 0.15) is 11.6 Å². The van der Waals surface area contributed by atoms with Crippen LogP contribution in [0.25, 0.3) is 22.0 Å². The van der Waals surface area contributed by atoms with E-state index in [1.165, 1.54) is 10.8 Å². The molecule has 0 atom stereocenters. The second-order valence-electron chi connectivity index (χ2n) is 4.72. The molecule has 0 unspecified atom stereocenters. The summed E-state index contributed by atoms with van der Waals surface area (Å²) in [5.74, 6) is 1.72. The van der Waals surface area contributed by atoms with Crippen molar-refractivity contribution < 1.29 is 0 Å². The lowest BCUT2D eigenvalue weighted by Gasteiger charge is -2.08. The quantitative estimate of drug-likeness (QED) is 0.778. The van der Waals surface area contributed by atoms with E-state index in [2.05, 4.69) is 64.7 Å². The standard InChI is InChI=1S/C17H17N3/c1-3-16-19-15(11-17(18-2)20-16)14-9-8-12-6-4-5-7-13(12)10-14/h4-11H,3H2,1-2H3,(H,18,19,20). The average molecular weight is 263 g/mol. The predicted molar refractivity (Wildman–Crippen MR) is 83.9 cm³/mol. The molecule has 0 bridgehead atoms. The highest BCUT2D eigenvalue weighted by Gasteiger charge is 2.05. The zero-order chi connectivity index (χ0) is 13.9. The van der Waals surface area contributed by atoms with Crippen LogP contribution in [-0.2, 0) is 6.42 Å². The minimum atomic E-state index is 0.829. The van der Waals surface area contributed by atoms with Crippen LogP contribution in [0.3, 0.4) is 0 Å². The zero-order valence-corrected chi connectivity index (χ0v) is 11.7. The molecule has 3 rings (SSSR count). The van der Waals surface area contributed by atoms with Gasteiger partial charge >= 0.3 is 0 Å². The average Bonchev–Trinajstić information content (AvgIpc) is 2.53. The highest BCUT2D eigenvalue weighted by Crippen LogP contribution is 2.24. The number of fused-ring (bicyclic) bond motifs is 1. The number of hydrogen-bond acceptors (Lipinski definition) is 3. The largest absolute Gasteiger partial charge is 0.373 e. The highest BCUT2D eigenvalue weighted by molar-refractivity contribution is 5.86. The summed E-state index contributed by atoms with van der Waals surface area (Å²) in [4.78, 5) is 9.06. The molecule has 1 heterocycles. The summed E-state index contributed by atoms with van der Waals surface area (Å²) >= 11 is 0. The third-order valence-electron chi connectivity index (χ3n) is 3.39. The van der Waals surface area contributed by atoms with E-state index in [0.29, 0.717) is 0 Å². The van der Waals surface area contributed by atoms with E-state index in [1.807, 2.05) is 13.1 Å². The van der Waals surface area contributed by atoms with E-state index >= 15 is 0 Å². The van der Waals surface area contributed by atoms with Gasteiger partial charge in [-0.15, -0.1) is 0 Å². The first-order valence-electron chi connectivity index (χ1n) is 6.85. The summed E-state index contributed by atoms with van der Waals surface area (Å²) in [6, 6.07) is 16.8. The summed E-state index contributed by atoms with van der Waals surface area (Å²) in [6.45, 7) is 2.07. The molecule has 2 aromatic carbocycles. The van der Waals surface area contributed by atoms with Crippen molar-refractivity contribution in [2.45, 2.75) is 13.3 Å². The Morgan fingerprint density at radius 2 is 1.75 bits per heavy atom. The van der Waals surface area contributed by atoms with Gasteiger partial charge in [0.15, 0.2) is 0 Å². The second kappa shape index (κ2) is 5.29. The molecule has 0 radical (unpaired) electrons. The van der Waals surface area contributed by atoms with E-state index in [1.54, 1.807) is 0 Å². The Morgan fingerprint density at radius 1 is 0.950 bits per heavy atom. The van der Waals surface area contributed by atoms with Crippen LogP contribution < -0.4 is 5.32 Å². The molecule has 0 aliphatic carbocycles. The number of aromatic nitrogens is 2. The third kappa shape index (κ3) is 2.35. The second-order valence-corrected chi connectivity index (χ2v) is 4.72. The summed E-state index contributed by atoms with van der Waals surface area (Å²) in [7, 11) is 1.88. The topological polar surface area (TPSA) is 37.8 Å². The number of aryl methyl sites for hydroxylation is 1. The van der Waals surface area contributed by atoms with E-state index < -0.39 is 0 Å². The molecular formula is C17H17N3. The number of hydrogen-bond donors (Lipinski definition) is 1. The van der Waals surface area contributed by atoms with Gasteiger partial charge in [-0.3, -0.25) is 0 Å². The maximum absolute atomic E-state index is 4.63. The van der Waals surface area contributed by atoms with E-state index in [9.17, 15) is 0 Å². The minimum absolute atomic E-state index is 0.829. The lowest BCUT2D eigenvalue weighted by Crippen LogP contribution is -2.00. The molecule has 0 saturated carbocycles. The van der Waals surface area contributed by atoms with Crippen LogP contribution in [0.5, 0.6) is 0 Å². The molecule has 0 fully saturated rings. The fourth-order valence-corrected chi connectivity index (χ4v) is 2.28. The minimum Gasteiger partial charge on any atom is -0.373 e. The van der Waals surface area contributed by atoms with Crippen molar-refractivity contribution >= 4 is 16.6 Å². The number of nitrogens with zero attached hydrogens (tertiary/aromatic N) is 2. The van der Waals surface area contributed by atoms with Gasteiger partial charge in [0.05, 0.1) is 5.69 Å². The summed E-state index contributed by atoms with van der Waals surface area (Å²) in [6.07, 6.45) is 0.829. The molecule has 0 aliphatic heterocycles. The van der Waals surface area contributed by atoms with Crippen LogP contribution in [0.15, 0.2) is 48.5 Å². The Balaban J connectivity index is 2.14. The first kappa shape index (κ1) is 12.6. The molecule has 20 heavy (non-hydrogen) atoms. The zero-order valence-electron chi connectivity index (χ0n) is 11.7. The maximum atomic E-state index is 4.63. The molecule has 3 heteroatoms. The van der Waals surface area contributed by atoms with Crippen LogP contribution >= 0.6 is 0 Å². The fourth-order valence-electron chi connectivity index (χ4n) is 2.28.